The minimum absolute atomic E-state index is 0.115. The van der Waals surface area contributed by atoms with Crippen molar-refractivity contribution in [2.24, 2.45) is 0 Å². The molecule has 1 amide bonds. The number of rotatable bonds is 5. The van der Waals surface area contributed by atoms with Gasteiger partial charge in [-0.25, -0.2) is 13.5 Å². The average molecular weight is 428 g/mol. The number of aromatic nitrogens is 2. The van der Waals surface area contributed by atoms with Gasteiger partial charge in [0.15, 0.2) is 0 Å². The summed E-state index contributed by atoms with van der Waals surface area (Å²) in [6.45, 7) is 1.47. The topological polar surface area (TPSA) is 121 Å². The Morgan fingerprint density at radius 2 is 1.73 bits per heavy atom. The van der Waals surface area contributed by atoms with Gasteiger partial charge in [0.2, 0.25) is 10.0 Å². The van der Waals surface area contributed by atoms with E-state index >= 15 is 0 Å². The Morgan fingerprint density at radius 3 is 2.43 bits per heavy atom. The molecule has 0 bridgehead atoms. The Hall–Kier alpha value is -3.08. The maximum Gasteiger partial charge on any atom is 0.272 e. The van der Waals surface area contributed by atoms with E-state index in [2.05, 4.69) is 15.5 Å². The summed E-state index contributed by atoms with van der Waals surface area (Å²) in [5.41, 5.74) is 0.562. The molecule has 156 valence electrons. The first-order chi connectivity index (χ1) is 14.5. The Balaban J connectivity index is 1.47. The zero-order chi connectivity index (χ0) is 21.1. The Labute approximate surface area is 172 Å². The van der Waals surface area contributed by atoms with E-state index in [1.807, 2.05) is 0 Å². The van der Waals surface area contributed by atoms with Crippen molar-refractivity contribution < 1.29 is 17.9 Å². The van der Waals surface area contributed by atoms with E-state index in [0.29, 0.717) is 48.3 Å². The molecule has 2 N–H and O–H groups in total. The van der Waals surface area contributed by atoms with E-state index in [1.54, 1.807) is 24.3 Å². The number of hydrogen-bond donors (Lipinski definition) is 2. The Kier molecular flexibility index (Phi) is 5.62. The molecule has 0 atom stereocenters. The number of hydrogen-bond acceptors (Lipinski definition) is 6. The molecule has 1 aliphatic heterocycles. The van der Waals surface area contributed by atoms with E-state index in [-0.39, 0.29) is 22.9 Å². The third-order valence-electron chi connectivity index (χ3n) is 4.92. The molecule has 4 rings (SSSR count). The van der Waals surface area contributed by atoms with E-state index in [0.717, 1.165) is 0 Å². The lowest BCUT2D eigenvalue weighted by Gasteiger charge is -2.26. The number of ether oxygens (including phenoxy) is 1. The third kappa shape index (κ3) is 3.97. The monoisotopic (exact) mass is 428 g/mol. The smallest absolute Gasteiger partial charge is 0.272 e. The van der Waals surface area contributed by atoms with Crippen LogP contribution in [0.3, 0.4) is 0 Å². The van der Waals surface area contributed by atoms with Crippen LogP contribution in [-0.4, -0.2) is 55.1 Å². The summed E-state index contributed by atoms with van der Waals surface area (Å²) in [7, 11) is -3.61. The van der Waals surface area contributed by atoms with E-state index in [1.165, 1.54) is 28.6 Å². The second-order valence-electron chi connectivity index (χ2n) is 6.77. The van der Waals surface area contributed by atoms with E-state index < -0.39 is 10.0 Å². The lowest BCUT2D eigenvalue weighted by atomic mass is 10.1. The van der Waals surface area contributed by atoms with Crippen molar-refractivity contribution in [1.82, 2.24) is 19.8 Å². The number of aromatic amines is 1. The van der Waals surface area contributed by atoms with Crippen LogP contribution in [0.1, 0.15) is 16.1 Å². The number of amides is 1. The van der Waals surface area contributed by atoms with E-state index in [4.69, 9.17) is 4.74 Å². The minimum Gasteiger partial charge on any atom is -0.379 e. The molecule has 0 saturated carbocycles. The van der Waals surface area contributed by atoms with Crippen molar-refractivity contribution in [2.45, 2.75) is 11.4 Å². The largest absolute Gasteiger partial charge is 0.379 e. The van der Waals surface area contributed by atoms with Crippen LogP contribution in [-0.2, 0) is 21.3 Å². The number of nitrogens with zero attached hydrogens (tertiary/aromatic N) is 2. The second-order valence-corrected chi connectivity index (χ2v) is 8.71. The normalized spacial score (nSPS) is 15.2. The zero-order valence-electron chi connectivity index (χ0n) is 16.0. The van der Waals surface area contributed by atoms with Crippen LogP contribution in [0.2, 0.25) is 0 Å². The highest BCUT2D eigenvalue weighted by molar-refractivity contribution is 7.89. The van der Waals surface area contributed by atoms with Gasteiger partial charge < -0.3 is 10.1 Å². The van der Waals surface area contributed by atoms with Crippen molar-refractivity contribution in [3.63, 3.8) is 0 Å². The molecule has 1 aromatic heterocycles. The lowest BCUT2D eigenvalue weighted by Crippen LogP contribution is -2.40. The lowest BCUT2D eigenvalue weighted by molar-refractivity contribution is 0.0730. The molecule has 9 nitrogen and oxygen atoms in total. The van der Waals surface area contributed by atoms with Gasteiger partial charge in [0.1, 0.15) is 0 Å². The summed E-state index contributed by atoms with van der Waals surface area (Å²) in [4.78, 5) is 24.5. The van der Waals surface area contributed by atoms with Gasteiger partial charge in [-0.2, -0.15) is 9.40 Å². The Morgan fingerprint density at radius 1 is 1.07 bits per heavy atom. The standard InChI is InChI=1S/C20H20N4O5S/c25-19(21-13-18-16-3-1-2-4-17(16)20(26)23-22-18)14-5-7-15(8-6-14)30(27,28)24-9-11-29-12-10-24/h1-8H,9-13H2,(H,21,25)(H,23,26). The number of morpholine rings is 1. The molecule has 10 heteroatoms. The quantitative estimate of drug-likeness (QED) is 0.622. The fourth-order valence-corrected chi connectivity index (χ4v) is 4.69. The summed E-state index contributed by atoms with van der Waals surface area (Å²) in [5.74, 6) is -0.373. The first kappa shape index (κ1) is 20.2. The van der Waals surface area contributed by atoms with Gasteiger partial charge >= 0.3 is 0 Å². The molecule has 0 radical (unpaired) electrons. The molecular formula is C20H20N4O5S. The van der Waals surface area contributed by atoms with Gasteiger partial charge in [-0.15, -0.1) is 0 Å². The van der Waals surface area contributed by atoms with Crippen molar-refractivity contribution in [3.05, 3.63) is 70.1 Å². The number of carbonyl (C=O) groups excluding carboxylic acids is 1. The zero-order valence-corrected chi connectivity index (χ0v) is 16.8. The third-order valence-corrected chi connectivity index (χ3v) is 6.83. The van der Waals surface area contributed by atoms with Crippen molar-refractivity contribution >= 4 is 26.7 Å². The number of sulfonamides is 1. The highest BCUT2D eigenvalue weighted by Crippen LogP contribution is 2.18. The average Bonchev–Trinajstić information content (AvgIpc) is 2.79. The van der Waals surface area contributed by atoms with Crippen LogP contribution < -0.4 is 10.9 Å². The van der Waals surface area contributed by atoms with Gasteiger partial charge in [-0.05, 0) is 30.3 Å². The van der Waals surface area contributed by atoms with Gasteiger partial charge in [0.25, 0.3) is 11.5 Å². The van der Waals surface area contributed by atoms with Gasteiger partial charge in [0.05, 0.1) is 35.7 Å². The minimum atomic E-state index is -3.61. The second kappa shape index (κ2) is 8.34. The van der Waals surface area contributed by atoms with Crippen molar-refractivity contribution in [2.75, 3.05) is 26.3 Å². The molecule has 2 aromatic carbocycles. The van der Waals surface area contributed by atoms with Crippen LogP contribution in [0, 0.1) is 0 Å². The predicted molar refractivity (Wildman–Crippen MR) is 110 cm³/mol. The molecule has 3 aromatic rings. The summed E-state index contributed by atoms with van der Waals surface area (Å²) < 4.78 is 31.9. The molecule has 2 heterocycles. The number of fused-ring (bicyclic) bond motifs is 1. The highest BCUT2D eigenvalue weighted by Gasteiger charge is 2.26. The summed E-state index contributed by atoms with van der Waals surface area (Å²) in [6, 6.07) is 12.8. The first-order valence-electron chi connectivity index (χ1n) is 9.39. The molecule has 30 heavy (non-hydrogen) atoms. The van der Waals surface area contributed by atoms with Crippen LogP contribution in [0.5, 0.6) is 0 Å². The molecule has 0 spiro atoms. The molecule has 0 unspecified atom stereocenters. The van der Waals surface area contributed by atoms with Gasteiger partial charge in [-0.1, -0.05) is 18.2 Å². The molecule has 1 aliphatic rings. The van der Waals surface area contributed by atoms with Crippen molar-refractivity contribution in [1.29, 1.82) is 0 Å². The number of nitrogens with one attached hydrogen (secondary N) is 2. The fraction of sp³-hybridized carbons (Fsp3) is 0.250. The molecule has 1 saturated heterocycles. The molecule has 1 fully saturated rings. The highest BCUT2D eigenvalue weighted by atomic mass is 32.2. The predicted octanol–water partition coefficient (Wildman–Crippen LogP) is 0.874. The number of carbonyl (C=O) groups is 1. The Bertz CT molecular complexity index is 1230. The first-order valence-corrected chi connectivity index (χ1v) is 10.8. The van der Waals surface area contributed by atoms with Crippen LogP contribution in [0.25, 0.3) is 10.8 Å². The summed E-state index contributed by atoms with van der Waals surface area (Å²) in [6.07, 6.45) is 0. The molecular weight excluding hydrogens is 408 g/mol. The SMILES string of the molecule is O=C(NCc1n[nH]c(=O)c2ccccc12)c1ccc(S(=O)(=O)N2CCOCC2)cc1. The van der Waals surface area contributed by atoms with Gasteiger partial charge in [-0.3, -0.25) is 9.59 Å². The molecule has 0 aliphatic carbocycles. The van der Waals surface area contributed by atoms with E-state index in [9.17, 15) is 18.0 Å². The maximum absolute atomic E-state index is 12.7. The van der Waals surface area contributed by atoms with Crippen LogP contribution in [0.4, 0.5) is 0 Å². The van der Waals surface area contributed by atoms with Gasteiger partial charge in [0, 0.05) is 24.0 Å². The summed E-state index contributed by atoms with van der Waals surface area (Å²) >= 11 is 0. The maximum atomic E-state index is 12.7. The fourth-order valence-electron chi connectivity index (χ4n) is 3.29. The number of benzene rings is 2. The number of H-pyrrole nitrogens is 1. The van der Waals surface area contributed by atoms with Crippen molar-refractivity contribution in [3.8, 4) is 0 Å². The van der Waals surface area contributed by atoms with Crippen LogP contribution >= 0.6 is 0 Å². The van der Waals surface area contributed by atoms with Crippen LogP contribution in [0.15, 0.2) is 58.2 Å². The summed E-state index contributed by atoms with van der Waals surface area (Å²) in [5, 5.41) is 10.4.